The third-order valence-electron chi connectivity index (χ3n) is 4.40. The van der Waals surface area contributed by atoms with Gasteiger partial charge in [0, 0.05) is 18.8 Å². The van der Waals surface area contributed by atoms with Crippen LogP contribution in [0.4, 0.5) is 13.2 Å². The Bertz CT molecular complexity index is 795. The molecule has 1 heterocycles. The minimum Gasteiger partial charge on any atom is -0.383 e. The monoisotopic (exact) mass is 369 g/mol. The lowest BCUT2D eigenvalue weighted by Crippen LogP contribution is -2.45. The Kier molecular flexibility index (Phi) is 5.19. The molecule has 0 bridgehead atoms. The first kappa shape index (κ1) is 20.0. The van der Waals surface area contributed by atoms with Gasteiger partial charge in [-0.1, -0.05) is 18.2 Å². The van der Waals surface area contributed by atoms with Crippen molar-refractivity contribution in [3.05, 3.63) is 53.3 Å². The molecule has 8 heteroatoms. The number of nitrogens with one attached hydrogen (secondary N) is 1. The summed E-state index contributed by atoms with van der Waals surface area (Å²) < 4.78 is 40.3. The molecule has 0 spiro atoms. The van der Waals surface area contributed by atoms with Gasteiger partial charge in [-0.3, -0.25) is 9.48 Å². The topological polar surface area (TPSA) is 67.2 Å². The number of benzene rings is 1. The Hall–Kier alpha value is -2.35. The summed E-state index contributed by atoms with van der Waals surface area (Å²) >= 11 is 0. The number of hydrogen-bond donors (Lipinski definition) is 2. The summed E-state index contributed by atoms with van der Waals surface area (Å²) in [6.07, 6.45) is -1.36. The molecule has 0 aliphatic carbocycles. The first-order chi connectivity index (χ1) is 11.8. The van der Waals surface area contributed by atoms with Gasteiger partial charge >= 0.3 is 6.18 Å². The van der Waals surface area contributed by atoms with Crippen molar-refractivity contribution in [2.45, 2.75) is 38.0 Å². The van der Waals surface area contributed by atoms with Crippen LogP contribution in [0.15, 0.2) is 36.7 Å². The highest BCUT2D eigenvalue weighted by atomic mass is 19.4. The molecule has 2 N–H and O–H groups in total. The van der Waals surface area contributed by atoms with Crippen LogP contribution in [0.25, 0.3) is 0 Å². The Balaban J connectivity index is 2.15. The van der Waals surface area contributed by atoms with E-state index in [2.05, 4.69) is 10.4 Å². The fourth-order valence-electron chi connectivity index (χ4n) is 2.49. The van der Waals surface area contributed by atoms with E-state index in [4.69, 9.17) is 0 Å². The maximum absolute atomic E-state index is 12.9. The summed E-state index contributed by atoms with van der Waals surface area (Å²) in [5.74, 6) is -0.485. The highest BCUT2D eigenvalue weighted by Gasteiger charge is 2.36. The summed E-state index contributed by atoms with van der Waals surface area (Å²) in [6, 6.07) is 4.69. The quantitative estimate of drug-likeness (QED) is 0.852. The third-order valence-corrected chi connectivity index (χ3v) is 4.40. The number of hydrogen-bond acceptors (Lipinski definition) is 3. The third kappa shape index (κ3) is 4.24. The van der Waals surface area contributed by atoms with Crippen molar-refractivity contribution in [3.63, 3.8) is 0 Å². The molecule has 0 aliphatic rings. The van der Waals surface area contributed by atoms with Gasteiger partial charge in [0.2, 0.25) is 5.91 Å². The minimum absolute atomic E-state index is 0.0973. The summed E-state index contributed by atoms with van der Waals surface area (Å²) in [7, 11) is 1.70. The summed E-state index contributed by atoms with van der Waals surface area (Å²) in [5, 5.41) is 17.1. The number of aliphatic hydroxyl groups is 1. The maximum atomic E-state index is 12.9. The molecule has 26 heavy (non-hydrogen) atoms. The van der Waals surface area contributed by atoms with E-state index in [1.807, 2.05) is 0 Å². The van der Waals surface area contributed by atoms with E-state index in [-0.39, 0.29) is 12.1 Å². The van der Waals surface area contributed by atoms with Crippen LogP contribution in [0.2, 0.25) is 0 Å². The van der Waals surface area contributed by atoms with Gasteiger partial charge in [0.15, 0.2) is 0 Å². The lowest BCUT2D eigenvalue weighted by atomic mass is 9.82. The van der Waals surface area contributed by atoms with Crippen LogP contribution in [0.3, 0.4) is 0 Å². The maximum Gasteiger partial charge on any atom is 0.416 e. The molecule has 142 valence electrons. The van der Waals surface area contributed by atoms with Crippen LogP contribution in [0.5, 0.6) is 0 Å². The van der Waals surface area contributed by atoms with Crippen molar-refractivity contribution in [3.8, 4) is 0 Å². The number of alkyl halides is 3. The predicted molar refractivity (Wildman–Crippen MR) is 90.3 cm³/mol. The molecular formula is C18H22F3N3O2. The van der Waals surface area contributed by atoms with Crippen molar-refractivity contribution < 1.29 is 23.1 Å². The van der Waals surface area contributed by atoms with Crippen molar-refractivity contribution in [1.29, 1.82) is 0 Å². The molecule has 5 nitrogen and oxygen atoms in total. The zero-order valence-electron chi connectivity index (χ0n) is 15.1. The van der Waals surface area contributed by atoms with Gasteiger partial charge in [-0.05, 0) is 32.4 Å². The smallest absolute Gasteiger partial charge is 0.383 e. The molecule has 2 rings (SSSR count). The Morgan fingerprint density at radius 3 is 2.35 bits per heavy atom. The Labute approximate surface area is 149 Å². The van der Waals surface area contributed by atoms with E-state index in [0.29, 0.717) is 5.56 Å². The van der Waals surface area contributed by atoms with Gasteiger partial charge in [-0.15, -0.1) is 0 Å². The van der Waals surface area contributed by atoms with Crippen LogP contribution in [0, 0.1) is 0 Å². The zero-order valence-corrected chi connectivity index (χ0v) is 15.1. The van der Waals surface area contributed by atoms with E-state index in [0.717, 1.165) is 12.1 Å². The first-order valence-corrected chi connectivity index (χ1v) is 8.01. The molecule has 1 aromatic carbocycles. The van der Waals surface area contributed by atoms with Crippen LogP contribution in [-0.2, 0) is 29.0 Å². The molecule has 1 aromatic heterocycles. The van der Waals surface area contributed by atoms with Crippen molar-refractivity contribution >= 4 is 5.91 Å². The van der Waals surface area contributed by atoms with Gasteiger partial charge in [-0.2, -0.15) is 18.3 Å². The van der Waals surface area contributed by atoms with E-state index in [9.17, 15) is 23.1 Å². The number of carbonyl (C=O) groups excluding carboxylic acids is 1. The number of aromatic nitrogens is 2. The fourth-order valence-corrected chi connectivity index (χ4v) is 2.49. The standard InChI is InChI=1S/C18H22F3N3O2/c1-16(2,12-6-5-7-13(8-12)18(19,20)21)15(25)22-11-17(3,26)14-9-23-24(4)10-14/h5-10,26H,11H2,1-4H3,(H,22,25)/t17-/m1/s1. The summed E-state index contributed by atoms with van der Waals surface area (Å²) in [6.45, 7) is 4.51. The normalized spacial score (nSPS) is 14.8. The van der Waals surface area contributed by atoms with Gasteiger partial charge in [0.1, 0.15) is 5.60 Å². The molecular weight excluding hydrogens is 347 g/mol. The van der Waals surface area contributed by atoms with Gasteiger partial charge in [0.25, 0.3) is 0 Å². The molecule has 0 radical (unpaired) electrons. The van der Waals surface area contributed by atoms with Crippen LogP contribution < -0.4 is 5.32 Å². The largest absolute Gasteiger partial charge is 0.416 e. The molecule has 0 aliphatic heterocycles. The first-order valence-electron chi connectivity index (χ1n) is 8.01. The van der Waals surface area contributed by atoms with Crippen LogP contribution >= 0.6 is 0 Å². The molecule has 0 fully saturated rings. The molecule has 2 aromatic rings. The lowest BCUT2D eigenvalue weighted by molar-refractivity contribution is -0.138. The molecule has 0 saturated heterocycles. The Morgan fingerprint density at radius 1 is 1.19 bits per heavy atom. The SMILES string of the molecule is Cn1cc([C@](C)(O)CNC(=O)C(C)(C)c2cccc(C(F)(F)F)c2)cn1. The second-order valence-corrected chi connectivity index (χ2v) is 7.06. The number of amides is 1. The molecule has 0 saturated carbocycles. The van der Waals surface area contributed by atoms with E-state index < -0.39 is 28.7 Å². The summed E-state index contributed by atoms with van der Waals surface area (Å²) in [5.41, 5.74) is -2.60. The zero-order chi connectivity index (χ0) is 19.8. The highest BCUT2D eigenvalue weighted by Crippen LogP contribution is 2.33. The van der Waals surface area contributed by atoms with Gasteiger partial charge < -0.3 is 10.4 Å². The highest BCUT2D eigenvalue weighted by molar-refractivity contribution is 5.87. The molecule has 1 amide bonds. The van der Waals surface area contributed by atoms with E-state index >= 15 is 0 Å². The second-order valence-electron chi connectivity index (χ2n) is 7.06. The van der Waals surface area contributed by atoms with E-state index in [1.54, 1.807) is 13.2 Å². The number of halogens is 3. The van der Waals surface area contributed by atoms with Crippen molar-refractivity contribution in [2.24, 2.45) is 7.05 Å². The molecule has 1 atom stereocenters. The second kappa shape index (κ2) is 6.75. The van der Waals surface area contributed by atoms with Crippen LogP contribution in [0.1, 0.15) is 37.5 Å². The van der Waals surface area contributed by atoms with Crippen molar-refractivity contribution in [2.75, 3.05) is 6.54 Å². The summed E-state index contributed by atoms with van der Waals surface area (Å²) in [4.78, 5) is 12.6. The predicted octanol–water partition coefficient (Wildman–Crippen LogP) is 2.74. The van der Waals surface area contributed by atoms with Gasteiger partial charge in [-0.25, -0.2) is 0 Å². The minimum atomic E-state index is -4.48. The van der Waals surface area contributed by atoms with Crippen molar-refractivity contribution in [1.82, 2.24) is 15.1 Å². The van der Waals surface area contributed by atoms with Crippen LogP contribution in [-0.4, -0.2) is 27.3 Å². The Morgan fingerprint density at radius 2 is 1.81 bits per heavy atom. The van der Waals surface area contributed by atoms with E-state index in [1.165, 1.54) is 43.8 Å². The average molecular weight is 369 g/mol. The number of aryl methyl sites for hydroxylation is 1. The molecule has 0 unspecified atom stereocenters. The number of carbonyl (C=O) groups is 1. The number of rotatable bonds is 5. The average Bonchev–Trinajstić information content (AvgIpc) is 2.99. The van der Waals surface area contributed by atoms with Gasteiger partial charge in [0.05, 0.1) is 23.7 Å². The number of nitrogens with zero attached hydrogens (tertiary/aromatic N) is 2. The fraction of sp³-hybridized carbons (Fsp3) is 0.444. The lowest BCUT2D eigenvalue weighted by Gasteiger charge is -2.28.